The van der Waals surface area contributed by atoms with Gasteiger partial charge in [-0.1, -0.05) is 30.3 Å². The van der Waals surface area contributed by atoms with Crippen LogP contribution in [0.25, 0.3) is 0 Å². The molecule has 0 radical (unpaired) electrons. The van der Waals surface area contributed by atoms with Gasteiger partial charge in [0.25, 0.3) is 0 Å². The summed E-state index contributed by atoms with van der Waals surface area (Å²) in [6, 6.07) is 13.9. The van der Waals surface area contributed by atoms with E-state index in [0.29, 0.717) is 12.3 Å². The van der Waals surface area contributed by atoms with E-state index in [2.05, 4.69) is 12.1 Å². The molecule has 1 aliphatic rings. The number of nitrogens with zero attached hydrogens (tertiary/aromatic N) is 1. The van der Waals surface area contributed by atoms with Gasteiger partial charge in [0.1, 0.15) is 11.1 Å². The van der Waals surface area contributed by atoms with Crippen LogP contribution in [-0.4, -0.2) is 16.6 Å². The molecule has 1 unspecified atom stereocenters. The highest BCUT2D eigenvalue weighted by molar-refractivity contribution is 8.00. The smallest absolute Gasteiger partial charge is 0.234 e. The standard InChI is InChI=1S/C14H13NO2S/c16-13-10-18-14(11-5-2-1-3-6-11)15(13)9-12-7-4-8-17-12/h1-8,14H,9-10H2. The molecule has 1 aromatic heterocycles. The van der Waals surface area contributed by atoms with E-state index < -0.39 is 0 Å². The van der Waals surface area contributed by atoms with Gasteiger partial charge in [0.05, 0.1) is 18.6 Å². The molecule has 18 heavy (non-hydrogen) atoms. The van der Waals surface area contributed by atoms with Crippen LogP contribution in [-0.2, 0) is 11.3 Å². The number of furan rings is 1. The second-order valence-corrected chi connectivity index (χ2v) is 5.24. The largest absolute Gasteiger partial charge is 0.467 e. The summed E-state index contributed by atoms with van der Waals surface area (Å²) in [7, 11) is 0. The minimum absolute atomic E-state index is 0.101. The summed E-state index contributed by atoms with van der Waals surface area (Å²) in [5.41, 5.74) is 1.17. The van der Waals surface area contributed by atoms with Gasteiger partial charge in [-0.05, 0) is 17.7 Å². The first-order valence-electron chi connectivity index (χ1n) is 5.83. The third kappa shape index (κ3) is 2.16. The third-order valence-electron chi connectivity index (χ3n) is 2.96. The molecule has 1 aromatic carbocycles. The normalized spacial score (nSPS) is 19.4. The average Bonchev–Trinajstić information content (AvgIpc) is 3.03. The number of benzene rings is 1. The van der Waals surface area contributed by atoms with Crippen LogP contribution in [0.3, 0.4) is 0 Å². The summed E-state index contributed by atoms with van der Waals surface area (Å²) in [5, 5.41) is 0.101. The predicted octanol–water partition coefficient (Wildman–Crippen LogP) is 3.05. The van der Waals surface area contributed by atoms with Crippen LogP contribution >= 0.6 is 11.8 Å². The van der Waals surface area contributed by atoms with Crippen molar-refractivity contribution in [2.45, 2.75) is 11.9 Å². The summed E-state index contributed by atoms with van der Waals surface area (Å²) in [6.45, 7) is 0.540. The Morgan fingerprint density at radius 3 is 2.78 bits per heavy atom. The lowest BCUT2D eigenvalue weighted by Crippen LogP contribution is -2.27. The van der Waals surface area contributed by atoms with Crippen molar-refractivity contribution < 1.29 is 9.21 Å². The SMILES string of the molecule is O=C1CSC(c2ccccc2)N1Cc1ccco1. The van der Waals surface area contributed by atoms with Crippen molar-refractivity contribution in [1.82, 2.24) is 4.90 Å². The highest BCUT2D eigenvalue weighted by atomic mass is 32.2. The molecule has 1 atom stereocenters. The van der Waals surface area contributed by atoms with Crippen molar-refractivity contribution in [3.05, 3.63) is 60.1 Å². The van der Waals surface area contributed by atoms with Crippen molar-refractivity contribution in [3.8, 4) is 0 Å². The summed E-state index contributed by atoms with van der Waals surface area (Å²) >= 11 is 1.67. The topological polar surface area (TPSA) is 33.5 Å². The molecule has 1 aliphatic heterocycles. The first kappa shape index (κ1) is 11.4. The molecule has 2 heterocycles. The lowest BCUT2D eigenvalue weighted by molar-refractivity contribution is -0.128. The van der Waals surface area contributed by atoms with E-state index in [9.17, 15) is 4.79 Å². The first-order chi connectivity index (χ1) is 8.84. The monoisotopic (exact) mass is 259 g/mol. The molecular formula is C14H13NO2S. The predicted molar refractivity (Wildman–Crippen MR) is 70.9 cm³/mol. The molecule has 0 aliphatic carbocycles. The molecule has 0 N–H and O–H groups in total. The zero-order chi connectivity index (χ0) is 12.4. The third-order valence-corrected chi connectivity index (χ3v) is 4.22. The zero-order valence-corrected chi connectivity index (χ0v) is 10.6. The maximum absolute atomic E-state index is 11.9. The van der Waals surface area contributed by atoms with Crippen molar-refractivity contribution >= 4 is 17.7 Å². The van der Waals surface area contributed by atoms with Crippen molar-refractivity contribution in [2.24, 2.45) is 0 Å². The van der Waals surface area contributed by atoms with Crippen LogP contribution in [0.2, 0.25) is 0 Å². The molecule has 0 bridgehead atoms. The highest BCUT2D eigenvalue weighted by Gasteiger charge is 2.33. The Labute approximate surface area is 110 Å². The average molecular weight is 259 g/mol. The highest BCUT2D eigenvalue weighted by Crippen LogP contribution is 2.39. The summed E-state index contributed by atoms with van der Waals surface area (Å²) in [6.07, 6.45) is 1.64. The summed E-state index contributed by atoms with van der Waals surface area (Å²) in [5.74, 6) is 1.54. The molecule has 1 fully saturated rings. The van der Waals surface area contributed by atoms with E-state index in [1.54, 1.807) is 18.0 Å². The van der Waals surface area contributed by atoms with Gasteiger partial charge in [0.15, 0.2) is 0 Å². The molecule has 92 valence electrons. The number of thioether (sulfide) groups is 1. The summed E-state index contributed by atoms with van der Waals surface area (Å²) < 4.78 is 5.32. The number of hydrogen-bond acceptors (Lipinski definition) is 3. The van der Waals surface area contributed by atoms with Crippen LogP contribution in [0.15, 0.2) is 53.1 Å². The molecular weight excluding hydrogens is 246 g/mol. The van der Waals surface area contributed by atoms with Crippen molar-refractivity contribution in [3.63, 3.8) is 0 Å². The van der Waals surface area contributed by atoms with Gasteiger partial charge in [0, 0.05) is 0 Å². The number of hydrogen-bond donors (Lipinski definition) is 0. The minimum Gasteiger partial charge on any atom is -0.467 e. The number of carbonyl (C=O) groups excluding carboxylic acids is 1. The fourth-order valence-electron chi connectivity index (χ4n) is 2.09. The first-order valence-corrected chi connectivity index (χ1v) is 6.88. The maximum Gasteiger partial charge on any atom is 0.234 e. The molecule has 3 nitrogen and oxygen atoms in total. The molecule has 0 spiro atoms. The quantitative estimate of drug-likeness (QED) is 0.849. The second kappa shape index (κ2) is 4.90. The van der Waals surface area contributed by atoms with Gasteiger partial charge >= 0.3 is 0 Å². The Hall–Kier alpha value is -1.68. The van der Waals surface area contributed by atoms with Gasteiger partial charge < -0.3 is 9.32 Å². The van der Waals surface area contributed by atoms with Gasteiger partial charge in [-0.25, -0.2) is 0 Å². The van der Waals surface area contributed by atoms with Crippen molar-refractivity contribution in [1.29, 1.82) is 0 Å². The van der Waals surface area contributed by atoms with E-state index >= 15 is 0 Å². The molecule has 1 saturated heterocycles. The van der Waals surface area contributed by atoms with Crippen LogP contribution in [0, 0.1) is 0 Å². The number of rotatable bonds is 3. The molecule has 0 saturated carbocycles. The molecule has 2 aromatic rings. The van der Waals surface area contributed by atoms with E-state index in [4.69, 9.17) is 4.42 Å². The van der Waals surface area contributed by atoms with Crippen LogP contribution in [0.4, 0.5) is 0 Å². The number of carbonyl (C=O) groups is 1. The second-order valence-electron chi connectivity index (χ2n) is 4.18. The molecule has 1 amide bonds. The zero-order valence-electron chi connectivity index (χ0n) is 9.78. The minimum atomic E-state index is 0.101. The van der Waals surface area contributed by atoms with E-state index in [0.717, 1.165) is 5.76 Å². The van der Waals surface area contributed by atoms with Crippen LogP contribution in [0.1, 0.15) is 16.7 Å². The lowest BCUT2D eigenvalue weighted by atomic mass is 10.2. The Morgan fingerprint density at radius 2 is 2.06 bits per heavy atom. The van der Waals surface area contributed by atoms with Crippen LogP contribution in [0.5, 0.6) is 0 Å². The Balaban J connectivity index is 1.84. The fraction of sp³-hybridized carbons (Fsp3) is 0.214. The van der Waals surface area contributed by atoms with Crippen molar-refractivity contribution in [2.75, 3.05) is 5.75 Å². The Morgan fingerprint density at radius 1 is 1.22 bits per heavy atom. The van der Waals surface area contributed by atoms with E-state index in [-0.39, 0.29) is 11.3 Å². The molecule has 4 heteroatoms. The molecule has 3 rings (SSSR count). The van der Waals surface area contributed by atoms with Gasteiger partial charge in [-0.3, -0.25) is 4.79 Å². The fourth-order valence-corrected chi connectivity index (χ4v) is 3.28. The maximum atomic E-state index is 11.9. The Bertz CT molecular complexity index is 524. The lowest BCUT2D eigenvalue weighted by Gasteiger charge is -2.23. The van der Waals surface area contributed by atoms with E-state index in [1.165, 1.54) is 5.56 Å². The number of amides is 1. The van der Waals surface area contributed by atoms with Gasteiger partial charge in [-0.15, -0.1) is 11.8 Å². The summed E-state index contributed by atoms with van der Waals surface area (Å²) in [4.78, 5) is 13.8. The van der Waals surface area contributed by atoms with Gasteiger partial charge in [0.2, 0.25) is 5.91 Å². The van der Waals surface area contributed by atoms with E-state index in [1.807, 2.05) is 35.2 Å². The van der Waals surface area contributed by atoms with Crippen LogP contribution < -0.4 is 0 Å². The van der Waals surface area contributed by atoms with Gasteiger partial charge in [-0.2, -0.15) is 0 Å². The Kier molecular flexibility index (Phi) is 3.11.